The van der Waals surface area contributed by atoms with Crippen LogP contribution in [0.2, 0.25) is 10.0 Å². The number of nitrogens with zero attached hydrogens (tertiary/aromatic N) is 1. The second-order valence-corrected chi connectivity index (χ2v) is 10.00. The molecule has 1 aromatic heterocycles. The maximum atomic E-state index is 12.7. The summed E-state index contributed by atoms with van der Waals surface area (Å²) in [4.78, 5) is 25.9. The summed E-state index contributed by atoms with van der Waals surface area (Å²) in [5.74, 6) is -0.0913. The molecule has 5 nitrogen and oxygen atoms in total. The Kier molecular flexibility index (Phi) is 7.17. The Labute approximate surface area is 207 Å². The number of hydrazine groups is 1. The van der Waals surface area contributed by atoms with Gasteiger partial charge in [-0.1, -0.05) is 59.2 Å². The first-order valence-corrected chi connectivity index (χ1v) is 12.1. The van der Waals surface area contributed by atoms with Crippen molar-refractivity contribution in [2.45, 2.75) is 6.61 Å². The molecule has 4 rings (SSSR count). The predicted octanol–water partition coefficient (Wildman–Crippen LogP) is 6.18. The van der Waals surface area contributed by atoms with Crippen LogP contribution in [0.1, 0.15) is 20.8 Å². The Morgan fingerprint density at radius 1 is 1.16 bits per heavy atom. The highest BCUT2D eigenvalue weighted by atomic mass is 35.5. The maximum absolute atomic E-state index is 12.7. The Morgan fingerprint density at radius 3 is 2.62 bits per heavy atom. The van der Waals surface area contributed by atoms with Gasteiger partial charge in [-0.05, 0) is 59.6 Å². The smallest absolute Gasteiger partial charge is 0.285 e. The first-order valence-electron chi connectivity index (χ1n) is 9.20. The average Bonchev–Trinajstić information content (AvgIpc) is 3.39. The molecule has 0 spiro atoms. The van der Waals surface area contributed by atoms with Crippen LogP contribution in [-0.2, 0) is 11.4 Å². The largest absolute Gasteiger partial charge is 0.489 e. The van der Waals surface area contributed by atoms with E-state index in [-0.39, 0.29) is 16.1 Å². The van der Waals surface area contributed by atoms with Crippen LogP contribution >= 0.6 is 58.5 Å². The van der Waals surface area contributed by atoms with Gasteiger partial charge in [-0.15, -0.1) is 11.3 Å². The summed E-state index contributed by atoms with van der Waals surface area (Å²) >= 11 is 19.7. The number of thioether (sulfide) groups is 1. The third-order valence-electron chi connectivity index (χ3n) is 4.34. The molecular formula is C22H14Cl2N2O3S3. The molecule has 0 aliphatic carbocycles. The van der Waals surface area contributed by atoms with Crippen molar-refractivity contribution in [3.8, 4) is 5.75 Å². The summed E-state index contributed by atoms with van der Waals surface area (Å²) in [6.07, 6.45) is 1.72. The number of rotatable bonds is 6. The number of hydrogen-bond donors (Lipinski definition) is 1. The second-order valence-electron chi connectivity index (χ2n) is 6.53. The van der Waals surface area contributed by atoms with Crippen molar-refractivity contribution in [3.63, 3.8) is 0 Å². The van der Waals surface area contributed by atoms with Crippen molar-refractivity contribution in [2.24, 2.45) is 0 Å². The molecule has 2 heterocycles. The third kappa shape index (κ3) is 5.33. The fraction of sp³-hybridized carbons (Fsp3) is 0.0455. The van der Waals surface area contributed by atoms with E-state index >= 15 is 0 Å². The molecule has 10 heteroatoms. The van der Waals surface area contributed by atoms with Gasteiger partial charge < -0.3 is 4.74 Å². The lowest BCUT2D eigenvalue weighted by Gasteiger charge is -2.14. The first-order chi connectivity index (χ1) is 15.4. The van der Waals surface area contributed by atoms with Gasteiger partial charge in [0.15, 0.2) is 4.32 Å². The second kappa shape index (κ2) is 10.1. The van der Waals surface area contributed by atoms with Crippen LogP contribution in [0.25, 0.3) is 6.08 Å². The molecule has 162 valence electrons. The molecule has 32 heavy (non-hydrogen) atoms. The monoisotopic (exact) mass is 520 g/mol. The molecule has 3 aromatic rings. The topological polar surface area (TPSA) is 58.6 Å². The summed E-state index contributed by atoms with van der Waals surface area (Å²) in [7, 11) is 0. The summed E-state index contributed by atoms with van der Waals surface area (Å²) in [5.41, 5.74) is 4.18. The number of benzene rings is 2. The summed E-state index contributed by atoms with van der Waals surface area (Å²) in [5, 5.41) is 4.00. The zero-order valence-electron chi connectivity index (χ0n) is 16.2. The number of amides is 2. The van der Waals surface area contributed by atoms with Crippen LogP contribution in [0, 0.1) is 0 Å². The highest BCUT2D eigenvalue weighted by Gasteiger charge is 2.33. The number of carbonyl (C=O) groups is 2. The molecule has 0 bridgehead atoms. The van der Waals surface area contributed by atoms with E-state index in [4.69, 9.17) is 40.2 Å². The van der Waals surface area contributed by atoms with Gasteiger partial charge in [-0.3, -0.25) is 15.0 Å². The number of halogens is 2. The molecule has 1 N–H and O–H groups in total. The van der Waals surface area contributed by atoms with Gasteiger partial charge in [-0.25, -0.2) is 0 Å². The van der Waals surface area contributed by atoms with E-state index in [0.717, 1.165) is 27.9 Å². The van der Waals surface area contributed by atoms with E-state index < -0.39 is 0 Å². The zero-order valence-corrected chi connectivity index (χ0v) is 20.2. The number of nitrogens with one attached hydrogen (secondary N) is 1. The number of hydrogen-bond acceptors (Lipinski definition) is 6. The van der Waals surface area contributed by atoms with Crippen LogP contribution in [0.5, 0.6) is 5.75 Å². The molecule has 0 saturated carbocycles. The van der Waals surface area contributed by atoms with E-state index in [1.807, 2.05) is 18.2 Å². The SMILES string of the molecule is O=C(NN1C(=O)/C(=C\c2ccc(OCc3ccc(Cl)cc3Cl)cc2)SC1=S)c1cccs1. The lowest BCUT2D eigenvalue weighted by atomic mass is 10.2. The van der Waals surface area contributed by atoms with Crippen molar-refractivity contribution in [2.75, 3.05) is 0 Å². The van der Waals surface area contributed by atoms with E-state index in [0.29, 0.717) is 32.2 Å². The lowest BCUT2D eigenvalue weighted by molar-refractivity contribution is -0.123. The molecule has 2 amide bonds. The van der Waals surface area contributed by atoms with Crippen LogP contribution in [0.4, 0.5) is 0 Å². The van der Waals surface area contributed by atoms with Crippen molar-refractivity contribution >= 4 is 80.7 Å². The molecule has 1 aliphatic rings. The van der Waals surface area contributed by atoms with Gasteiger partial charge in [0.05, 0.1) is 9.78 Å². The van der Waals surface area contributed by atoms with E-state index in [1.165, 1.54) is 11.3 Å². The van der Waals surface area contributed by atoms with Crippen LogP contribution in [-0.4, -0.2) is 21.1 Å². The van der Waals surface area contributed by atoms with Gasteiger partial charge in [-0.2, -0.15) is 5.01 Å². The van der Waals surface area contributed by atoms with Crippen LogP contribution in [0.15, 0.2) is 64.9 Å². The van der Waals surface area contributed by atoms with Crippen LogP contribution < -0.4 is 10.2 Å². The minimum absolute atomic E-state index is 0.269. The Morgan fingerprint density at radius 2 is 1.94 bits per heavy atom. The number of thiophene rings is 1. The Bertz CT molecular complexity index is 1210. The highest BCUT2D eigenvalue weighted by Crippen LogP contribution is 2.32. The molecule has 1 fully saturated rings. The van der Waals surface area contributed by atoms with Crippen molar-refractivity contribution in [3.05, 3.63) is 90.9 Å². The molecule has 0 atom stereocenters. The van der Waals surface area contributed by atoms with Gasteiger partial charge in [0.2, 0.25) is 0 Å². The fourth-order valence-corrected chi connectivity index (χ4v) is 5.00. The average molecular weight is 521 g/mol. The molecule has 0 radical (unpaired) electrons. The number of carbonyl (C=O) groups excluding carboxylic acids is 2. The lowest BCUT2D eigenvalue weighted by Crippen LogP contribution is -2.44. The summed E-state index contributed by atoms with van der Waals surface area (Å²) < 4.78 is 6.05. The van der Waals surface area contributed by atoms with Crippen molar-refractivity contribution in [1.82, 2.24) is 10.4 Å². The van der Waals surface area contributed by atoms with Crippen molar-refractivity contribution in [1.29, 1.82) is 0 Å². The molecule has 1 saturated heterocycles. The number of ether oxygens (including phenoxy) is 1. The minimum Gasteiger partial charge on any atom is -0.489 e. The standard InChI is InChI=1S/C22H14Cl2N2O3S3/c23-15-6-5-14(17(24)11-15)12-29-16-7-3-13(4-8-16)10-19-21(28)26(22(30)32-19)25-20(27)18-2-1-9-31-18/h1-11H,12H2,(H,25,27)/b19-10+. The van der Waals surface area contributed by atoms with Crippen LogP contribution in [0.3, 0.4) is 0 Å². The van der Waals surface area contributed by atoms with Gasteiger partial charge >= 0.3 is 0 Å². The van der Waals surface area contributed by atoms with Gasteiger partial charge in [0, 0.05) is 15.6 Å². The maximum Gasteiger partial charge on any atom is 0.285 e. The van der Waals surface area contributed by atoms with E-state index in [1.54, 1.807) is 47.9 Å². The fourth-order valence-electron chi connectivity index (χ4n) is 2.74. The van der Waals surface area contributed by atoms with E-state index in [2.05, 4.69) is 5.43 Å². The molecule has 1 aliphatic heterocycles. The van der Waals surface area contributed by atoms with Gasteiger partial charge in [0.25, 0.3) is 11.8 Å². The molecule has 0 unspecified atom stereocenters. The summed E-state index contributed by atoms with van der Waals surface area (Å²) in [6, 6.07) is 15.9. The minimum atomic E-state index is -0.375. The Balaban J connectivity index is 1.39. The Hall–Kier alpha value is -2.36. The zero-order chi connectivity index (χ0) is 22.7. The summed E-state index contributed by atoms with van der Waals surface area (Å²) in [6.45, 7) is 0.304. The van der Waals surface area contributed by atoms with E-state index in [9.17, 15) is 9.59 Å². The normalized spacial score (nSPS) is 14.8. The van der Waals surface area contributed by atoms with Gasteiger partial charge in [0.1, 0.15) is 12.4 Å². The first kappa shape index (κ1) is 22.8. The predicted molar refractivity (Wildman–Crippen MR) is 134 cm³/mol. The molecule has 2 aromatic carbocycles. The van der Waals surface area contributed by atoms with Crippen molar-refractivity contribution < 1.29 is 14.3 Å². The highest BCUT2D eigenvalue weighted by molar-refractivity contribution is 8.26. The molecular weight excluding hydrogens is 507 g/mol. The quantitative estimate of drug-likeness (QED) is 0.310. The number of thiocarbonyl (C=S) groups is 1. The third-order valence-corrected chi connectivity index (χ3v) is 7.10.